The fraction of sp³-hybridized carbons (Fsp3) is 0.385. The van der Waals surface area contributed by atoms with Crippen molar-refractivity contribution in [3.63, 3.8) is 0 Å². The quantitative estimate of drug-likeness (QED) is 0.209. The van der Waals surface area contributed by atoms with E-state index in [-0.39, 0.29) is 47.1 Å². The van der Waals surface area contributed by atoms with E-state index < -0.39 is 18.0 Å². The molecule has 1 aromatic carbocycles. The van der Waals surface area contributed by atoms with Crippen LogP contribution in [0.4, 0.5) is 15.9 Å². The second-order valence-corrected chi connectivity index (χ2v) is 9.29. The van der Waals surface area contributed by atoms with Gasteiger partial charge in [-0.15, -0.1) is 0 Å². The topological polar surface area (TPSA) is 151 Å². The molecule has 0 bridgehead atoms. The zero-order chi connectivity index (χ0) is 27.8. The van der Waals surface area contributed by atoms with Crippen LogP contribution in [0.25, 0.3) is 11.4 Å². The lowest BCUT2D eigenvalue weighted by atomic mass is 10.1. The van der Waals surface area contributed by atoms with Crippen LogP contribution in [-0.4, -0.2) is 82.7 Å². The van der Waals surface area contributed by atoms with E-state index in [9.17, 15) is 14.3 Å². The lowest BCUT2D eigenvalue weighted by molar-refractivity contribution is -0.0234. The molecule has 0 spiro atoms. The highest BCUT2D eigenvalue weighted by Gasteiger charge is 2.32. The van der Waals surface area contributed by atoms with Crippen LogP contribution < -0.4 is 20.7 Å². The normalized spacial score (nSPS) is 18.6. The zero-order valence-electron chi connectivity index (χ0n) is 21.2. The van der Waals surface area contributed by atoms with Gasteiger partial charge in [-0.3, -0.25) is 9.78 Å². The number of ether oxygens (including phenoxy) is 2. The number of nitrogens with zero attached hydrogens (tertiary/aromatic N) is 3. The number of aliphatic hydroxyl groups is 2. The summed E-state index contributed by atoms with van der Waals surface area (Å²) in [5.41, 5.74) is 0.815. The maximum Gasteiger partial charge on any atom is 0.255 e. The number of hydrogen-bond donors (Lipinski definition) is 5. The number of aliphatic hydroxyl groups excluding tert-OH is 2. The van der Waals surface area contributed by atoms with Crippen molar-refractivity contribution in [2.75, 3.05) is 38.7 Å². The molecule has 5 N–H and O–H groups in total. The number of benzene rings is 1. The number of carbonyl (C=O) groups is 1. The number of methoxy groups -OCH3 is 1. The standard InChI is InChI=1S/C26H30ClFN6O5/c1-38-22-13-32-24(17-10-15(27)2-3-19(17)28)34-25(22)33-20-5-7-30-12-18(20)26(37)31-9-8-29-6-4-16-11-21(36)23(14-35)39-16/h2-3,5,7,10,12-13,16,21,23,29,35-36H,4,6,8-9,11,14H2,1H3,(H,31,37)(H,30,32,33,34). The van der Waals surface area contributed by atoms with Gasteiger partial charge in [0.15, 0.2) is 17.4 Å². The number of amides is 1. The molecular formula is C26H30ClFN6O5. The molecule has 39 heavy (non-hydrogen) atoms. The first kappa shape index (κ1) is 28.6. The lowest BCUT2D eigenvalue weighted by Crippen LogP contribution is -2.33. The first-order valence-electron chi connectivity index (χ1n) is 12.4. The number of nitrogens with one attached hydrogen (secondary N) is 3. The SMILES string of the molecule is COc1cnc(-c2cc(Cl)ccc2F)nc1Nc1ccncc1C(=O)NCCNCCC1CC(O)C(CO)O1. The molecule has 1 aliphatic heterocycles. The van der Waals surface area contributed by atoms with Gasteiger partial charge in [-0.25, -0.2) is 14.4 Å². The van der Waals surface area contributed by atoms with Gasteiger partial charge in [0.2, 0.25) is 0 Å². The zero-order valence-corrected chi connectivity index (χ0v) is 22.0. The Morgan fingerprint density at radius 3 is 2.87 bits per heavy atom. The van der Waals surface area contributed by atoms with E-state index in [0.29, 0.717) is 43.2 Å². The van der Waals surface area contributed by atoms with Crippen molar-refractivity contribution < 1.29 is 28.9 Å². The Morgan fingerprint density at radius 1 is 1.26 bits per heavy atom. The Kier molecular flexibility index (Phi) is 9.96. The molecule has 2 aromatic heterocycles. The maximum atomic E-state index is 14.4. The third-order valence-corrected chi connectivity index (χ3v) is 6.41. The Labute approximate surface area is 229 Å². The molecule has 3 heterocycles. The van der Waals surface area contributed by atoms with Crippen LogP contribution in [-0.2, 0) is 4.74 Å². The van der Waals surface area contributed by atoms with E-state index in [2.05, 4.69) is 30.9 Å². The number of halogens is 2. The maximum absolute atomic E-state index is 14.4. The largest absolute Gasteiger partial charge is 0.491 e. The molecule has 3 atom stereocenters. The summed E-state index contributed by atoms with van der Waals surface area (Å²) < 4.78 is 25.3. The van der Waals surface area contributed by atoms with E-state index in [4.69, 9.17) is 26.2 Å². The molecule has 1 aliphatic rings. The first-order chi connectivity index (χ1) is 18.9. The first-order valence-corrected chi connectivity index (χ1v) is 12.8. The number of hydrogen-bond acceptors (Lipinski definition) is 10. The van der Waals surface area contributed by atoms with E-state index in [0.717, 1.165) is 0 Å². The molecule has 1 fully saturated rings. The average Bonchev–Trinajstić information content (AvgIpc) is 3.31. The van der Waals surface area contributed by atoms with Crippen LogP contribution in [0, 0.1) is 5.82 Å². The van der Waals surface area contributed by atoms with Gasteiger partial charge in [0.1, 0.15) is 11.9 Å². The Balaban J connectivity index is 1.35. The summed E-state index contributed by atoms with van der Waals surface area (Å²) in [5.74, 6) is -0.275. The van der Waals surface area contributed by atoms with E-state index in [1.54, 1.807) is 6.07 Å². The van der Waals surface area contributed by atoms with E-state index >= 15 is 0 Å². The van der Waals surface area contributed by atoms with Crippen molar-refractivity contribution in [3.8, 4) is 17.1 Å². The number of carbonyl (C=O) groups excluding carboxylic acids is 1. The highest BCUT2D eigenvalue weighted by Crippen LogP contribution is 2.30. The number of pyridine rings is 1. The van der Waals surface area contributed by atoms with Gasteiger partial charge in [0.05, 0.1) is 48.9 Å². The fourth-order valence-electron chi connectivity index (χ4n) is 4.13. The molecule has 0 radical (unpaired) electrons. The van der Waals surface area contributed by atoms with Gasteiger partial charge < -0.3 is 35.6 Å². The molecule has 11 nitrogen and oxygen atoms in total. The minimum Gasteiger partial charge on any atom is -0.491 e. The molecule has 1 saturated heterocycles. The highest BCUT2D eigenvalue weighted by molar-refractivity contribution is 6.30. The predicted octanol–water partition coefficient (Wildman–Crippen LogP) is 2.30. The summed E-state index contributed by atoms with van der Waals surface area (Å²) in [4.78, 5) is 25.6. The van der Waals surface area contributed by atoms with Crippen LogP contribution in [0.1, 0.15) is 23.2 Å². The van der Waals surface area contributed by atoms with Crippen molar-refractivity contribution in [2.24, 2.45) is 0 Å². The van der Waals surface area contributed by atoms with Crippen LogP contribution in [0.5, 0.6) is 5.75 Å². The minimum absolute atomic E-state index is 0.0915. The number of aromatic nitrogens is 3. The van der Waals surface area contributed by atoms with Crippen molar-refractivity contribution >= 4 is 29.0 Å². The second kappa shape index (κ2) is 13.6. The van der Waals surface area contributed by atoms with Crippen LogP contribution in [0.2, 0.25) is 5.02 Å². The molecule has 1 amide bonds. The smallest absolute Gasteiger partial charge is 0.255 e. The van der Waals surface area contributed by atoms with Crippen LogP contribution in [0.15, 0.2) is 42.9 Å². The molecule has 13 heteroatoms. The number of rotatable bonds is 12. The Hall–Kier alpha value is -3.42. The van der Waals surface area contributed by atoms with Crippen molar-refractivity contribution in [2.45, 2.75) is 31.2 Å². The van der Waals surface area contributed by atoms with Crippen molar-refractivity contribution in [1.82, 2.24) is 25.6 Å². The summed E-state index contributed by atoms with van der Waals surface area (Å²) in [7, 11) is 1.45. The third kappa shape index (κ3) is 7.37. The summed E-state index contributed by atoms with van der Waals surface area (Å²) >= 11 is 6.02. The average molecular weight is 561 g/mol. The molecule has 208 valence electrons. The Morgan fingerprint density at radius 2 is 2.10 bits per heavy atom. The summed E-state index contributed by atoms with van der Waals surface area (Å²) in [6, 6.07) is 5.71. The molecule has 0 saturated carbocycles. The van der Waals surface area contributed by atoms with Crippen molar-refractivity contribution in [3.05, 3.63) is 59.3 Å². The summed E-state index contributed by atoms with van der Waals surface area (Å²) in [6.45, 7) is 1.31. The summed E-state index contributed by atoms with van der Waals surface area (Å²) in [5, 5.41) is 28.4. The van der Waals surface area contributed by atoms with Crippen molar-refractivity contribution in [1.29, 1.82) is 0 Å². The minimum atomic E-state index is -0.645. The second-order valence-electron chi connectivity index (χ2n) is 8.86. The van der Waals surface area contributed by atoms with Gasteiger partial charge in [0.25, 0.3) is 5.91 Å². The highest BCUT2D eigenvalue weighted by atomic mass is 35.5. The Bertz CT molecular complexity index is 1290. The van der Waals surface area contributed by atoms with Crippen LogP contribution in [0.3, 0.4) is 0 Å². The molecule has 4 rings (SSSR count). The lowest BCUT2D eigenvalue weighted by Gasteiger charge is -2.15. The van der Waals surface area contributed by atoms with Gasteiger partial charge in [-0.1, -0.05) is 11.6 Å². The fourth-order valence-corrected chi connectivity index (χ4v) is 4.31. The predicted molar refractivity (Wildman–Crippen MR) is 143 cm³/mol. The molecule has 0 aliphatic carbocycles. The monoisotopic (exact) mass is 560 g/mol. The number of anilines is 2. The summed E-state index contributed by atoms with van der Waals surface area (Å²) in [6.07, 6.45) is 4.24. The van der Waals surface area contributed by atoms with Gasteiger partial charge in [-0.2, -0.15) is 0 Å². The van der Waals surface area contributed by atoms with Gasteiger partial charge >= 0.3 is 0 Å². The van der Waals surface area contributed by atoms with E-state index in [1.807, 2.05) is 0 Å². The van der Waals surface area contributed by atoms with Gasteiger partial charge in [-0.05, 0) is 37.2 Å². The molecule has 3 unspecified atom stereocenters. The van der Waals surface area contributed by atoms with E-state index in [1.165, 1.54) is 43.9 Å². The third-order valence-electron chi connectivity index (χ3n) is 6.17. The molecule has 3 aromatic rings. The van der Waals surface area contributed by atoms with Gasteiger partial charge in [0, 0.05) is 36.9 Å². The molecular weight excluding hydrogens is 531 g/mol. The van der Waals surface area contributed by atoms with Crippen LogP contribution >= 0.6 is 11.6 Å².